The highest BCUT2D eigenvalue weighted by Crippen LogP contribution is 2.40. The van der Waals surface area contributed by atoms with Gasteiger partial charge in [-0.15, -0.1) is 0 Å². The van der Waals surface area contributed by atoms with Crippen molar-refractivity contribution in [1.29, 1.82) is 0 Å². The van der Waals surface area contributed by atoms with Crippen molar-refractivity contribution in [2.45, 2.75) is 12.3 Å². The van der Waals surface area contributed by atoms with E-state index < -0.39 is 29.4 Å². The number of aromatic hydroxyl groups is 2. The number of nitrogens with two attached hydrogens (primary N) is 1. The van der Waals surface area contributed by atoms with Crippen LogP contribution in [0.15, 0.2) is 18.2 Å². The molecule has 0 radical (unpaired) electrons. The summed E-state index contributed by atoms with van der Waals surface area (Å²) in [7, 11) is 0. The summed E-state index contributed by atoms with van der Waals surface area (Å²) in [5, 5.41) is 18.2. The second-order valence-electron chi connectivity index (χ2n) is 2.92. The third-order valence-electron chi connectivity index (χ3n) is 1.87. The van der Waals surface area contributed by atoms with Crippen LogP contribution in [0.4, 0.5) is 8.78 Å². The predicted molar refractivity (Wildman–Crippen MR) is 47.3 cm³/mol. The zero-order chi connectivity index (χ0) is 10.8. The van der Waals surface area contributed by atoms with Crippen LogP contribution in [0.2, 0.25) is 0 Å². The summed E-state index contributed by atoms with van der Waals surface area (Å²) in [5.74, 6) is -4.55. The smallest absolute Gasteiger partial charge is 0.278 e. The molecule has 1 aromatic rings. The van der Waals surface area contributed by atoms with Crippen molar-refractivity contribution in [1.82, 2.24) is 0 Å². The number of hydrogen-bond donors (Lipinski definition) is 3. The number of phenols is 2. The molecule has 0 bridgehead atoms. The van der Waals surface area contributed by atoms with Crippen LogP contribution in [0.5, 0.6) is 11.5 Å². The molecule has 0 aliphatic rings. The predicted octanol–water partition coefficient (Wildman–Crippen LogP) is 1.54. The Morgan fingerprint density at radius 3 is 2.50 bits per heavy atom. The van der Waals surface area contributed by atoms with Gasteiger partial charge in [-0.25, -0.2) is 8.78 Å². The lowest BCUT2D eigenvalue weighted by atomic mass is 10.0. The Bertz CT molecular complexity index is 329. The fourth-order valence-corrected chi connectivity index (χ4v) is 1.14. The number of rotatable bonds is 3. The molecule has 0 heterocycles. The SMILES string of the molecule is NCCC(F)(F)c1cccc(O)c1O. The Morgan fingerprint density at radius 1 is 1.29 bits per heavy atom. The molecule has 4 N–H and O–H groups in total. The van der Waals surface area contributed by atoms with Crippen molar-refractivity contribution >= 4 is 0 Å². The maximum atomic E-state index is 13.2. The fourth-order valence-electron chi connectivity index (χ4n) is 1.14. The van der Waals surface area contributed by atoms with Crippen LogP contribution in [0, 0.1) is 0 Å². The molecule has 1 rings (SSSR count). The van der Waals surface area contributed by atoms with E-state index in [-0.39, 0.29) is 6.54 Å². The summed E-state index contributed by atoms with van der Waals surface area (Å²) in [5.41, 5.74) is 4.42. The Morgan fingerprint density at radius 2 is 1.93 bits per heavy atom. The van der Waals surface area contributed by atoms with Gasteiger partial charge in [0.25, 0.3) is 5.92 Å². The van der Waals surface area contributed by atoms with Crippen molar-refractivity contribution in [3.05, 3.63) is 23.8 Å². The molecule has 5 heteroatoms. The van der Waals surface area contributed by atoms with Crippen LogP contribution < -0.4 is 5.73 Å². The zero-order valence-electron chi connectivity index (χ0n) is 7.37. The Balaban J connectivity index is 3.12. The number of alkyl halides is 2. The molecule has 0 aromatic heterocycles. The van der Waals surface area contributed by atoms with Crippen LogP contribution in [0.3, 0.4) is 0 Å². The van der Waals surface area contributed by atoms with Crippen molar-refractivity contribution in [2.24, 2.45) is 5.73 Å². The summed E-state index contributed by atoms with van der Waals surface area (Å²) in [4.78, 5) is 0. The quantitative estimate of drug-likeness (QED) is 0.653. The summed E-state index contributed by atoms with van der Waals surface area (Å²) < 4.78 is 26.5. The van der Waals surface area contributed by atoms with Gasteiger partial charge in [0.05, 0.1) is 5.56 Å². The third-order valence-corrected chi connectivity index (χ3v) is 1.87. The van der Waals surface area contributed by atoms with Gasteiger partial charge in [0.2, 0.25) is 0 Å². The Kier molecular flexibility index (Phi) is 2.90. The van der Waals surface area contributed by atoms with Crippen molar-refractivity contribution in [3.63, 3.8) is 0 Å². The average molecular weight is 203 g/mol. The van der Waals surface area contributed by atoms with Gasteiger partial charge in [0, 0.05) is 6.42 Å². The maximum absolute atomic E-state index is 13.2. The first-order valence-corrected chi connectivity index (χ1v) is 4.08. The van der Waals surface area contributed by atoms with Gasteiger partial charge in [-0.3, -0.25) is 0 Å². The molecule has 3 nitrogen and oxygen atoms in total. The van der Waals surface area contributed by atoms with E-state index in [1.54, 1.807) is 0 Å². The molecule has 78 valence electrons. The van der Waals surface area contributed by atoms with E-state index in [1.807, 2.05) is 0 Å². The van der Waals surface area contributed by atoms with E-state index in [2.05, 4.69) is 0 Å². The number of hydrogen-bond acceptors (Lipinski definition) is 3. The number of phenolic OH excluding ortho intramolecular Hbond substituents is 2. The number of halogens is 2. The lowest BCUT2D eigenvalue weighted by molar-refractivity contribution is -0.0130. The van der Waals surface area contributed by atoms with Crippen LogP contribution >= 0.6 is 0 Å². The van der Waals surface area contributed by atoms with Gasteiger partial charge >= 0.3 is 0 Å². The first-order chi connectivity index (χ1) is 6.49. The molecule has 0 atom stereocenters. The van der Waals surface area contributed by atoms with Crippen LogP contribution in [-0.4, -0.2) is 16.8 Å². The molecular formula is C9H11F2NO2. The van der Waals surface area contributed by atoms with Crippen LogP contribution in [-0.2, 0) is 5.92 Å². The van der Waals surface area contributed by atoms with E-state index >= 15 is 0 Å². The lowest BCUT2D eigenvalue weighted by Crippen LogP contribution is -2.18. The molecule has 0 fully saturated rings. The van der Waals surface area contributed by atoms with Gasteiger partial charge in [0.15, 0.2) is 11.5 Å². The molecule has 0 unspecified atom stereocenters. The topological polar surface area (TPSA) is 66.5 Å². The highest BCUT2D eigenvalue weighted by Gasteiger charge is 2.34. The van der Waals surface area contributed by atoms with E-state index in [1.165, 1.54) is 6.07 Å². The molecule has 0 aliphatic heterocycles. The minimum absolute atomic E-state index is 0.192. The van der Waals surface area contributed by atoms with E-state index in [0.29, 0.717) is 0 Å². The molecule has 0 saturated heterocycles. The van der Waals surface area contributed by atoms with Gasteiger partial charge in [0.1, 0.15) is 0 Å². The third kappa shape index (κ3) is 1.93. The molecule has 0 spiro atoms. The first kappa shape index (κ1) is 10.7. The molecule has 0 aliphatic carbocycles. The van der Waals surface area contributed by atoms with Crippen molar-refractivity contribution in [2.75, 3.05) is 6.54 Å². The van der Waals surface area contributed by atoms with E-state index in [4.69, 9.17) is 10.8 Å². The fraction of sp³-hybridized carbons (Fsp3) is 0.333. The summed E-state index contributed by atoms with van der Waals surface area (Å²) >= 11 is 0. The minimum Gasteiger partial charge on any atom is -0.504 e. The largest absolute Gasteiger partial charge is 0.504 e. The second kappa shape index (κ2) is 3.79. The Labute approximate surface area is 79.8 Å². The van der Waals surface area contributed by atoms with Crippen LogP contribution in [0.1, 0.15) is 12.0 Å². The highest BCUT2D eigenvalue weighted by molar-refractivity contribution is 5.46. The van der Waals surface area contributed by atoms with Crippen molar-refractivity contribution in [3.8, 4) is 11.5 Å². The molecule has 0 saturated carbocycles. The summed E-state index contributed by atoms with van der Waals surface area (Å²) in [6.07, 6.45) is -0.565. The number of para-hydroxylation sites is 1. The summed E-state index contributed by atoms with van der Waals surface area (Å²) in [6.45, 7) is -0.192. The van der Waals surface area contributed by atoms with Crippen molar-refractivity contribution < 1.29 is 19.0 Å². The zero-order valence-corrected chi connectivity index (χ0v) is 7.37. The normalized spacial score (nSPS) is 11.6. The second-order valence-corrected chi connectivity index (χ2v) is 2.92. The van der Waals surface area contributed by atoms with Gasteiger partial charge < -0.3 is 15.9 Å². The Hall–Kier alpha value is -1.36. The maximum Gasteiger partial charge on any atom is 0.278 e. The highest BCUT2D eigenvalue weighted by atomic mass is 19.3. The molecular weight excluding hydrogens is 192 g/mol. The van der Waals surface area contributed by atoms with Gasteiger partial charge in [-0.1, -0.05) is 6.07 Å². The van der Waals surface area contributed by atoms with Gasteiger partial charge in [-0.05, 0) is 18.7 Å². The molecule has 14 heavy (non-hydrogen) atoms. The van der Waals surface area contributed by atoms with E-state index in [0.717, 1.165) is 12.1 Å². The summed E-state index contributed by atoms with van der Waals surface area (Å²) in [6, 6.07) is 3.44. The number of benzene rings is 1. The molecule has 1 aromatic carbocycles. The van der Waals surface area contributed by atoms with E-state index in [9.17, 15) is 13.9 Å². The lowest BCUT2D eigenvalue weighted by Gasteiger charge is -2.17. The average Bonchev–Trinajstić information content (AvgIpc) is 2.09. The van der Waals surface area contributed by atoms with Gasteiger partial charge in [-0.2, -0.15) is 0 Å². The minimum atomic E-state index is -3.21. The monoisotopic (exact) mass is 203 g/mol. The first-order valence-electron chi connectivity index (χ1n) is 4.08. The standard InChI is InChI=1S/C9H11F2NO2/c10-9(11,4-5-12)6-2-1-3-7(13)8(6)14/h1-3,13-14H,4-5,12H2. The molecule has 0 amide bonds. The van der Waals surface area contributed by atoms with Crippen LogP contribution in [0.25, 0.3) is 0 Å².